The van der Waals surface area contributed by atoms with Crippen molar-refractivity contribution in [2.75, 3.05) is 26.7 Å². The fourth-order valence-electron chi connectivity index (χ4n) is 2.71. The molecule has 0 saturated carbocycles. The van der Waals surface area contributed by atoms with E-state index in [1.54, 1.807) is 12.0 Å². The van der Waals surface area contributed by atoms with E-state index in [-0.39, 0.29) is 29.9 Å². The van der Waals surface area contributed by atoms with Gasteiger partial charge in [0.2, 0.25) is 15.9 Å². The second kappa shape index (κ2) is 8.04. The summed E-state index contributed by atoms with van der Waals surface area (Å²) in [6.07, 6.45) is 0.954. The Balaban J connectivity index is 1.85. The van der Waals surface area contributed by atoms with Crippen molar-refractivity contribution in [1.82, 2.24) is 9.62 Å². The molecule has 0 aromatic heterocycles. The largest absolute Gasteiger partial charge is 0.379 e. The molecule has 8 heteroatoms. The molecule has 1 fully saturated rings. The first-order valence-electron chi connectivity index (χ1n) is 7.89. The molecule has 24 heavy (non-hydrogen) atoms. The highest BCUT2D eigenvalue weighted by molar-refractivity contribution is 7.89. The van der Waals surface area contributed by atoms with E-state index in [1.807, 2.05) is 0 Å². The van der Waals surface area contributed by atoms with Crippen molar-refractivity contribution in [2.24, 2.45) is 5.92 Å². The van der Waals surface area contributed by atoms with Crippen LogP contribution >= 0.6 is 0 Å². The number of benzene rings is 1. The summed E-state index contributed by atoms with van der Waals surface area (Å²) in [4.78, 5) is 13.9. The highest BCUT2D eigenvalue weighted by atomic mass is 32.2. The van der Waals surface area contributed by atoms with Gasteiger partial charge in [0.05, 0.1) is 11.0 Å². The van der Waals surface area contributed by atoms with Gasteiger partial charge >= 0.3 is 0 Å². The quantitative estimate of drug-likeness (QED) is 0.834. The lowest BCUT2D eigenvalue weighted by Gasteiger charge is -2.36. The molecule has 2 rings (SSSR count). The summed E-state index contributed by atoms with van der Waals surface area (Å²) in [5.41, 5.74) is 0. The zero-order valence-corrected chi connectivity index (χ0v) is 14.7. The number of carbonyl (C=O) groups excluding carboxylic acids is 1. The number of rotatable bonds is 6. The van der Waals surface area contributed by atoms with E-state index in [0.29, 0.717) is 19.0 Å². The molecule has 0 spiro atoms. The summed E-state index contributed by atoms with van der Waals surface area (Å²) in [5.74, 6) is -0.210. The van der Waals surface area contributed by atoms with E-state index in [1.165, 1.54) is 12.1 Å². The molecule has 0 radical (unpaired) electrons. The Morgan fingerprint density at radius 2 is 2.04 bits per heavy atom. The van der Waals surface area contributed by atoms with Gasteiger partial charge in [-0.3, -0.25) is 4.79 Å². The zero-order valence-electron chi connectivity index (χ0n) is 13.9. The summed E-state index contributed by atoms with van der Waals surface area (Å²) < 4.78 is 44.7. The third-order valence-electron chi connectivity index (χ3n) is 4.30. The van der Waals surface area contributed by atoms with Crippen LogP contribution in [-0.2, 0) is 19.6 Å². The maximum atomic E-state index is 12.9. The Bertz CT molecular complexity index is 663. The number of nitrogens with one attached hydrogen (secondary N) is 1. The summed E-state index contributed by atoms with van der Waals surface area (Å²) in [5, 5.41) is 0. The number of sulfonamides is 1. The lowest BCUT2D eigenvalue weighted by atomic mass is 9.95. The zero-order chi connectivity index (χ0) is 17.7. The first-order chi connectivity index (χ1) is 11.3. The summed E-state index contributed by atoms with van der Waals surface area (Å²) >= 11 is 0. The van der Waals surface area contributed by atoms with Gasteiger partial charge in [-0.2, -0.15) is 0 Å². The Kier molecular flexibility index (Phi) is 6.31. The van der Waals surface area contributed by atoms with E-state index in [0.717, 1.165) is 18.6 Å². The topological polar surface area (TPSA) is 75.7 Å². The normalized spacial score (nSPS) is 21.7. The van der Waals surface area contributed by atoms with Crippen molar-refractivity contribution in [2.45, 2.75) is 30.8 Å². The SMILES string of the molecule is CO[C@@H]1CN(C(=O)CCNS(=O)(=O)c2ccc(F)cc2)CC[C@H]1C. The molecular formula is C16H23FN2O4S. The van der Waals surface area contributed by atoms with Gasteiger partial charge < -0.3 is 9.64 Å². The van der Waals surface area contributed by atoms with Gasteiger partial charge in [0.15, 0.2) is 0 Å². The Morgan fingerprint density at radius 3 is 2.67 bits per heavy atom. The molecule has 1 N–H and O–H groups in total. The number of hydrogen-bond donors (Lipinski definition) is 1. The summed E-state index contributed by atoms with van der Waals surface area (Å²) in [7, 11) is -2.11. The van der Waals surface area contributed by atoms with Crippen LogP contribution in [0, 0.1) is 11.7 Å². The Labute approximate surface area is 142 Å². The van der Waals surface area contributed by atoms with Gasteiger partial charge in [0.1, 0.15) is 5.82 Å². The van der Waals surface area contributed by atoms with E-state index < -0.39 is 15.8 Å². The van der Waals surface area contributed by atoms with Gasteiger partial charge in [-0.15, -0.1) is 0 Å². The second-order valence-electron chi connectivity index (χ2n) is 5.98. The number of methoxy groups -OCH3 is 1. The maximum Gasteiger partial charge on any atom is 0.240 e. The van der Waals surface area contributed by atoms with Crippen molar-refractivity contribution in [1.29, 1.82) is 0 Å². The number of nitrogens with zero attached hydrogens (tertiary/aromatic N) is 1. The van der Waals surface area contributed by atoms with Crippen molar-refractivity contribution in [3.63, 3.8) is 0 Å². The summed E-state index contributed by atoms with van der Waals surface area (Å²) in [6.45, 7) is 3.28. The maximum absolute atomic E-state index is 12.9. The number of carbonyl (C=O) groups is 1. The van der Waals surface area contributed by atoms with Gasteiger partial charge in [-0.05, 0) is 36.6 Å². The van der Waals surface area contributed by atoms with Gasteiger partial charge in [-0.25, -0.2) is 17.5 Å². The van der Waals surface area contributed by atoms with E-state index in [4.69, 9.17) is 4.74 Å². The number of amides is 1. The minimum atomic E-state index is -3.74. The fraction of sp³-hybridized carbons (Fsp3) is 0.562. The molecule has 1 aromatic rings. The third kappa shape index (κ3) is 4.75. The number of likely N-dealkylation sites (tertiary alicyclic amines) is 1. The van der Waals surface area contributed by atoms with Crippen LogP contribution in [0.2, 0.25) is 0 Å². The number of halogens is 1. The van der Waals surface area contributed by atoms with Crippen molar-refractivity contribution in [3.05, 3.63) is 30.1 Å². The Morgan fingerprint density at radius 1 is 1.38 bits per heavy atom. The smallest absolute Gasteiger partial charge is 0.240 e. The average molecular weight is 358 g/mol. The van der Waals surface area contributed by atoms with Crippen molar-refractivity contribution in [3.8, 4) is 0 Å². The van der Waals surface area contributed by atoms with Crippen molar-refractivity contribution < 1.29 is 22.3 Å². The minimum Gasteiger partial charge on any atom is -0.379 e. The van der Waals surface area contributed by atoms with E-state index in [9.17, 15) is 17.6 Å². The molecule has 6 nitrogen and oxygen atoms in total. The van der Waals surface area contributed by atoms with Gasteiger partial charge in [0, 0.05) is 33.2 Å². The van der Waals surface area contributed by atoms with Crippen LogP contribution in [0.4, 0.5) is 4.39 Å². The third-order valence-corrected chi connectivity index (χ3v) is 5.78. The minimum absolute atomic E-state index is 0.00223. The molecule has 1 amide bonds. The predicted octanol–water partition coefficient (Wildman–Crippen LogP) is 1.38. The second-order valence-corrected chi connectivity index (χ2v) is 7.75. The Hall–Kier alpha value is -1.51. The lowest BCUT2D eigenvalue weighted by molar-refractivity contribution is -0.136. The predicted molar refractivity (Wildman–Crippen MR) is 87.4 cm³/mol. The first kappa shape index (κ1) is 18.8. The monoisotopic (exact) mass is 358 g/mol. The molecular weight excluding hydrogens is 335 g/mol. The molecule has 0 bridgehead atoms. The van der Waals surface area contributed by atoms with Crippen LogP contribution in [0.1, 0.15) is 19.8 Å². The van der Waals surface area contributed by atoms with Crippen molar-refractivity contribution >= 4 is 15.9 Å². The van der Waals surface area contributed by atoms with Crippen LogP contribution in [0.15, 0.2) is 29.2 Å². The molecule has 0 unspecified atom stereocenters. The van der Waals surface area contributed by atoms with E-state index >= 15 is 0 Å². The molecule has 0 aliphatic carbocycles. The van der Waals surface area contributed by atoms with Gasteiger partial charge in [-0.1, -0.05) is 6.92 Å². The van der Waals surface area contributed by atoms with Crippen LogP contribution in [0.5, 0.6) is 0 Å². The molecule has 1 aliphatic heterocycles. The van der Waals surface area contributed by atoms with Crippen LogP contribution in [0.3, 0.4) is 0 Å². The summed E-state index contributed by atoms with van der Waals surface area (Å²) in [6, 6.07) is 4.54. The van der Waals surface area contributed by atoms with E-state index in [2.05, 4.69) is 11.6 Å². The van der Waals surface area contributed by atoms with Gasteiger partial charge in [0.25, 0.3) is 0 Å². The highest BCUT2D eigenvalue weighted by Gasteiger charge is 2.28. The standard InChI is InChI=1S/C16H23FN2O4S/c1-12-8-10-19(11-15(12)23-2)16(20)7-9-18-24(21,22)14-5-3-13(17)4-6-14/h3-6,12,15,18H,7-11H2,1-2H3/t12-,15-/m1/s1. The number of ether oxygens (including phenoxy) is 1. The molecule has 1 saturated heterocycles. The highest BCUT2D eigenvalue weighted by Crippen LogP contribution is 2.20. The average Bonchev–Trinajstić information content (AvgIpc) is 2.55. The van der Waals surface area contributed by atoms with Crippen LogP contribution in [-0.4, -0.2) is 52.1 Å². The number of hydrogen-bond acceptors (Lipinski definition) is 4. The van der Waals surface area contributed by atoms with Crippen LogP contribution in [0.25, 0.3) is 0 Å². The molecule has 1 heterocycles. The molecule has 134 valence electrons. The molecule has 1 aliphatic rings. The lowest BCUT2D eigenvalue weighted by Crippen LogP contribution is -2.47. The number of piperidine rings is 1. The molecule has 2 atom stereocenters. The molecule has 1 aromatic carbocycles. The van der Waals surface area contributed by atoms with Crippen LogP contribution < -0.4 is 4.72 Å². The fourth-order valence-corrected chi connectivity index (χ4v) is 3.75. The first-order valence-corrected chi connectivity index (χ1v) is 9.37.